The molecule has 0 N–H and O–H groups in total. The maximum absolute atomic E-state index is 12.5. The number of imide groups is 1. The van der Waals surface area contributed by atoms with Gasteiger partial charge in [0.05, 0.1) is 27.6 Å². The van der Waals surface area contributed by atoms with Crippen molar-refractivity contribution in [2.24, 2.45) is 0 Å². The van der Waals surface area contributed by atoms with Crippen molar-refractivity contribution in [3.63, 3.8) is 0 Å². The Balaban J connectivity index is 1.81. The van der Waals surface area contributed by atoms with Crippen LogP contribution in [0.5, 0.6) is 11.5 Å². The minimum atomic E-state index is -0.694. The number of thioether (sulfide) groups is 1. The number of hydrogen-bond donors (Lipinski definition) is 0. The second-order valence-electron chi connectivity index (χ2n) is 6.59. The van der Waals surface area contributed by atoms with Gasteiger partial charge in [0, 0.05) is 12.1 Å². The van der Waals surface area contributed by atoms with Gasteiger partial charge in [0.1, 0.15) is 13.2 Å². The number of rotatable bonds is 8. The van der Waals surface area contributed by atoms with Gasteiger partial charge in [-0.3, -0.25) is 29.4 Å². The molecule has 1 fully saturated rings. The second kappa shape index (κ2) is 10.7. The van der Waals surface area contributed by atoms with E-state index in [1.54, 1.807) is 24.3 Å². The highest BCUT2D eigenvalue weighted by Gasteiger charge is 2.36. The van der Waals surface area contributed by atoms with E-state index in [-0.39, 0.29) is 17.2 Å². The molecule has 12 heteroatoms. The van der Waals surface area contributed by atoms with E-state index in [0.29, 0.717) is 26.2 Å². The third-order valence-electron chi connectivity index (χ3n) is 4.44. The van der Waals surface area contributed by atoms with Crippen LogP contribution in [0.1, 0.15) is 11.1 Å². The molecule has 2 aromatic rings. The third kappa shape index (κ3) is 5.82. The second-order valence-corrected chi connectivity index (χ2v) is 8.75. The van der Waals surface area contributed by atoms with Crippen LogP contribution >= 0.6 is 34.4 Å². The molecular formula is C21H17IN2O8S. The Morgan fingerprint density at radius 3 is 2.67 bits per heavy atom. The molecule has 2 amide bonds. The molecule has 172 valence electrons. The molecule has 0 atom stereocenters. The summed E-state index contributed by atoms with van der Waals surface area (Å²) in [4.78, 5) is 47.5. The number of nitro benzene ring substituents is 1. The van der Waals surface area contributed by atoms with E-state index in [4.69, 9.17) is 9.47 Å². The highest BCUT2D eigenvalue weighted by atomic mass is 127. The van der Waals surface area contributed by atoms with Crippen LogP contribution in [0.3, 0.4) is 0 Å². The lowest BCUT2D eigenvalue weighted by Crippen LogP contribution is -2.34. The molecule has 0 aliphatic carbocycles. The molecule has 10 nitrogen and oxygen atoms in total. The Bertz CT molecular complexity index is 1170. The average molecular weight is 584 g/mol. The van der Waals surface area contributed by atoms with E-state index in [9.17, 15) is 24.5 Å². The van der Waals surface area contributed by atoms with Gasteiger partial charge in [0.25, 0.3) is 16.8 Å². The predicted molar refractivity (Wildman–Crippen MR) is 128 cm³/mol. The lowest BCUT2D eigenvalue weighted by Gasteiger charge is -2.14. The van der Waals surface area contributed by atoms with E-state index >= 15 is 0 Å². The highest BCUT2D eigenvalue weighted by Crippen LogP contribution is 2.37. The third-order valence-corrected chi connectivity index (χ3v) is 6.15. The largest absolute Gasteiger partial charge is 0.493 e. The molecule has 2 aromatic carbocycles. The zero-order valence-electron chi connectivity index (χ0n) is 17.4. The number of halogens is 1. The quantitative estimate of drug-likeness (QED) is 0.149. The number of carbonyl (C=O) groups is 3. The number of benzene rings is 2. The Hall–Kier alpha value is -3.13. The van der Waals surface area contributed by atoms with E-state index in [1.807, 2.05) is 22.6 Å². The summed E-state index contributed by atoms with van der Waals surface area (Å²) in [6.07, 6.45) is 1.52. The van der Waals surface area contributed by atoms with Crippen molar-refractivity contribution in [1.29, 1.82) is 0 Å². The number of methoxy groups -OCH3 is 2. The minimum absolute atomic E-state index is 0.0331. The molecule has 0 spiro atoms. The number of non-ortho nitro benzene ring substituents is 1. The first-order chi connectivity index (χ1) is 15.7. The van der Waals surface area contributed by atoms with Gasteiger partial charge in [-0.2, -0.15) is 0 Å². The molecule has 0 radical (unpaired) electrons. The summed E-state index contributed by atoms with van der Waals surface area (Å²) in [6.45, 7) is -0.371. The Morgan fingerprint density at radius 2 is 2.00 bits per heavy atom. The molecule has 1 heterocycles. The molecule has 33 heavy (non-hydrogen) atoms. The fraction of sp³-hybridized carbons (Fsp3) is 0.190. The summed E-state index contributed by atoms with van der Waals surface area (Å²) in [5.41, 5.74) is 1.17. The fourth-order valence-corrected chi connectivity index (χ4v) is 4.48. The Labute approximate surface area is 206 Å². The molecule has 0 unspecified atom stereocenters. The first kappa shape index (κ1) is 24.5. The van der Waals surface area contributed by atoms with Crippen LogP contribution in [0.25, 0.3) is 6.08 Å². The van der Waals surface area contributed by atoms with Gasteiger partial charge in [-0.1, -0.05) is 12.1 Å². The van der Waals surface area contributed by atoms with Crippen molar-refractivity contribution >= 4 is 63.2 Å². The van der Waals surface area contributed by atoms with Gasteiger partial charge < -0.3 is 14.2 Å². The lowest BCUT2D eigenvalue weighted by molar-refractivity contribution is -0.384. The highest BCUT2D eigenvalue weighted by molar-refractivity contribution is 14.1. The molecule has 0 aromatic heterocycles. The zero-order chi connectivity index (χ0) is 24.1. The topological polar surface area (TPSA) is 125 Å². The van der Waals surface area contributed by atoms with E-state index in [1.165, 1.54) is 32.4 Å². The first-order valence-corrected chi connectivity index (χ1v) is 11.2. The molecule has 0 bridgehead atoms. The van der Waals surface area contributed by atoms with Crippen LogP contribution in [0.2, 0.25) is 0 Å². The number of nitro groups is 1. The summed E-state index contributed by atoms with van der Waals surface area (Å²) in [7, 11) is 2.63. The first-order valence-electron chi connectivity index (χ1n) is 9.29. The monoisotopic (exact) mass is 584 g/mol. The van der Waals surface area contributed by atoms with Crippen molar-refractivity contribution in [2.75, 3.05) is 20.8 Å². The predicted octanol–water partition coefficient (Wildman–Crippen LogP) is 4.00. The van der Waals surface area contributed by atoms with E-state index < -0.39 is 28.6 Å². The number of nitrogens with zero attached hydrogens (tertiary/aromatic N) is 2. The van der Waals surface area contributed by atoms with Crippen LogP contribution in [0, 0.1) is 13.7 Å². The summed E-state index contributed by atoms with van der Waals surface area (Å²) < 4.78 is 16.5. The maximum atomic E-state index is 12.5. The summed E-state index contributed by atoms with van der Waals surface area (Å²) in [5, 5.41) is 10.4. The molecule has 1 aliphatic heterocycles. The molecule has 1 aliphatic rings. The van der Waals surface area contributed by atoms with Gasteiger partial charge >= 0.3 is 5.97 Å². The van der Waals surface area contributed by atoms with Crippen LogP contribution in [0.15, 0.2) is 41.3 Å². The van der Waals surface area contributed by atoms with Gasteiger partial charge in [-0.05, 0) is 63.7 Å². The number of hydrogen-bond acceptors (Lipinski definition) is 9. The van der Waals surface area contributed by atoms with Crippen LogP contribution < -0.4 is 9.47 Å². The number of esters is 1. The lowest BCUT2D eigenvalue weighted by atomic mass is 10.1. The SMILES string of the molecule is COC(=O)CN1C(=O)S/C(=C/c2cc(I)c(OCc3cccc([N+](=O)[O-])c3)c(OC)c2)C1=O. The van der Waals surface area contributed by atoms with Gasteiger partial charge in [0.15, 0.2) is 11.5 Å². The van der Waals surface area contributed by atoms with Crippen LogP contribution in [0.4, 0.5) is 10.5 Å². The van der Waals surface area contributed by atoms with Crippen molar-refractivity contribution in [1.82, 2.24) is 4.90 Å². The number of ether oxygens (including phenoxy) is 3. The van der Waals surface area contributed by atoms with Crippen LogP contribution in [-0.2, 0) is 20.9 Å². The molecule has 0 saturated carbocycles. The zero-order valence-corrected chi connectivity index (χ0v) is 20.4. The van der Waals surface area contributed by atoms with Crippen molar-refractivity contribution < 1.29 is 33.5 Å². The van der Waals surface area contributed by atoms with E-state index in [2.05, 4.69) is 4.74 Å². The summed E-state index contributed by atoms with van der Waals surface area (Å²) >= 11 is 2.77. The average Bonchev–Trinajstić information content (AvgIpc) is 3.05. The molecule has 3 rings (SSSR count). The molecular weight excluding hydrogens is 567 g/mol. The summed E-state index contributed by atoms with van der Waals surface area (Å²) in [6, 6.07) is 9.49. The number of carbonyl (C=O) groups excluding carboxylic acids is 3. The maximum Gasteiger partial charge on any atom is 0.325 e. The van der Waals surface area contributed by atoms with E-state index in [0.717, 1.165) is 16.7 Å². The minimum Gasteiger partial charge on any atom is -0.493 e. The fourth-order valence-electron chi connectivity index (χ4n) is 2.86. The number of amides is 2. The van der Waals surface area contributed by atoms with Gasteiger partial charge in [-0.25, -0.2) is 0 Å². The van der Waals surface area contributed by atoms with Crippen LogP contribution in [-0.4, -0.2) is 47.7 Å². The van der Waals surface area contributed by atoms with Gasteiger partial charge in [0.2, 0.25) is 0 Å². The smallest absolute Gasteiger partial charge is 0.325 e. The van der Waals surface area contributed by atoms with Gasteiger partial charge in [-0.15, -0.1) is 0 Å². The Kier molecular flexibility index (Phi) is 7.92. The van der Waals surface area contributed by atoms with Crippen molar-refractivity contribution in [2.45, 2.75) is 6.61 Å². The Morgan fingerprint density at radius 1 is 1.24 bits per heavy atom. The summed E-state index contributed by atoms with van der Waals surface area (Å²) in [5.74, 6) is -0.469. The normalized spacial score (nSPS) is 14.5. The standard InChI is InChI=1S/C21H17IN2O8S/c1-30-16-8-13(9-17-20(26)23(21(27)33-17)10-18(25)31-2)7-15(22)19(16)32-11-12-4-3-5-14(6-12)24(28)29/h3-9H,10-11H2,1-2H3/b17-9+. The van der Waals surface area contributed by atoms with Crippen molar-refractivity contribution in [3.8, 4) is 11.5 Å². The van der Waals surface area contributed by atoms with Crippen molar-refractivity contribution in [3.05, 3.63) is 66.1 Å². The molecule has 1 saturated heterocycles.